The zero-order valence-electron chi connectivity index (χ0n) is 19.3. The van der Waals surface area contributed by atoms with Crippen molar-refractivity contribution in [2.45, 2.75) is 31.5 Å². The summed E-state index contributed by atoms with van der Waals surface area (Å²) in [5.74, 6) is 1.92. The fourth-order valence-corrected chi connectivity index (χ4v) is 4.74. The molecule has 7 nitrogen and oxygen atoms in total. The Balaban J connectivity index is 1.16. The highest BCUT2D eigenvalue weighted by Crippen LogP contribution is 2.31. The number of hydrogen-bond acceptors (Lipinski definition) is 7. The monoisotopic (exact) mass is 467 g/mol. The summed E-state index contributed by atoms with van der Waals surface area (Å²) in [5.41, 5.74) is 2.48. The number of aliphatic hydroxyl groups excluding tert-OH is 1. The van der Waals surface area contributed by atoms with Gasteiger partial charge >= 0.3 is 0 Å². The van der Waals surface area contributed by atoms with E-state index < -0.39 is 6.10 Å². The van der Waals surface area contributed by atoms with Gasteiger partial charge in [0.15, 0.2) is 11.5 Å². The number of likely N-dealkylation sites (tertiary alicyclic amines) is 1. The van der Waals surface area contributed by atoms with Gasteiger partial charge in [-0.2, -0.15) is 0 Å². The Morgan fingerprint density at radius 3 is 2.85 bits per heavy atom. The summed E-state index contributed by atoms with van der Waals surface area (Å²) in [4.78, 5) is 6.39. The minimum Gasteiger partial charge on any atom is -0.497 e. The maximum Gasteiger partial charge on any atom is 0.161 e. The number of nitrogens with one attached hydrogen (secondary N) is 1. The molecule has 0 bridgehead atoms. The van der Waals surface area contributed by atoms with Crippen molar-refractivity contribution in [1.29, 1.82) is 0 Å². The normalized spacial score (nSPS) is 20.4. The molecule has 8 heteroatoms. The Labute approximate surface area is 198 Å². The number of rotatable bonds is 7. The number of nitrogens with zero attached hydrogens (tertiary/aromatic N) is 2. The van der Waals surface area contributed by atoms with Gasteiger partial charge in [0, 0.05) is 36.6 Å². The fourth-order valence-electron chi connectivity index (χ4n) is 4.74. The average molecular weight is 468 g/mol. The van der Waals surface area contributed by atoms with Crippen LogP contribution in [0.4, 0.5) is 4.39 Å². The minimum atomic E-state index is -0.495. The molecule has 5 rings (SSSR count). The van der Waals surface area contributed by atoms with Gasteiger partial charge in [-0.05, 0) is 55.3 Å². The number of aliphatic hydroxyl groups is 1. The molecule has 34 heavy (non-hydrogen) atoms. The van der Waals surface area contributed by atoms with E-state index in [0.29, 0.717) is 50.6 Å². The lowest BCUT2D eigenvalue weighted by molar-refractivity contribution is 0.0404. The molecule has 2 aliphatic heterocycles. The molecule has 0 aliphatic carbocycles. The summed E-state index contributed by atoms with van der Waals surface area (Å²) in [6.45, 7) is 3.84. The maximum atomic E-state index is 14.6. The van der Waals surface area contributed by atoms with Gasteiger partial charge < -0.3 is 29.5 Å². The predicted molar refractivity (Wildman–Crippen MR) is 127 cm³/mol. The lowest BCUT2D eigenvalue weighted by atomic mass is 10.00. The van der Waals surface area contributed by atoms with Crippen LogP contribution in [0.25, 0.3) is 10.9 Å². The van der Waals surface area contributed by atoms with E-state index in [2.05, 4.69) is 15.2 Å². The number of fused-ring (bicyclic) bond motifs is 2. The molecule has 1 aromatic heterocycles. The summed E-state index contributed by atoms with van der Waals surface area (Å²) < 4.78 is 31.2. The van der Waals surface area contributed by atoms with Gasteiger partial charge in [-0.3, -0.25) is 4.98 Å². The number of hydrogen-bond donors (Lipinski definition) is 2. The number of piperidine rings is 1. The molecule has 0 spiro atoms. The largest absolute Gasteiger partial charge is 0.497 e. The Morgan fingerprint density at radius 1 is 1.18 bits per heavy atom. The van der Waals surface area contributed by atoms with Gasteiger partial charge in [-0.25, -0.2) is 4.39 Å². The topological polar surface area (TPSA) is 76.1 Å². The molecule has 3 aromatic rings. The van der Waals surface area contributed by atoms with Crippen LogP contribution in [0.1, 0.15) is 17.5 Å². The first kappa shape index (κ1) is 22.8. The van der Waals surface area contributed by atoms with E-state index >= 15 is 0 Å². The Hall–Kier alpha value is -2.94. The number of β-amino-alcohol motifs (C(OH)–C–C–N with tert-alkyl or cyclic N) is 1. The van der Waals surface area contributed by atoms with Crippen molar-refractivity contribution in [2.24, 2.45) is 0 Å². The van der Waals surface area contributed by atoms with Crippen LogP contribution in [0.2, 0.25) is 0 Å². The number of benzene rings is 2. The highest BCUT2D eigenvalue weighted by atomic mass is 19.1. The number of methoxy groups -OCH3 is 1. The van der Waals surface area contributed by atoms with Gasteiger partial charge in [-0.15, -0.1) is 0 Å². The SMILES string of the molecule is COc1ccc2ncc(F)c(CCN3CC[C@@H](NCc4ccc5c(c4)OCCO5)[C@H](O)C3)c2c1. The third kappa shape index (κ3) is 4.94. The molecule has 3 heterocycles. The van der Waals surface area contributed by atoms with E-state index in [4.69, 9.17) is 14.2 Å². The number of ether oxygens (including phenoxy) is 3. The van der Waals surface area contributed by atoms with Crippen LogP contribution in [-0.4, -0.2) is 67.1 Å². The van der Waals surface area contributed by atoms with Gasteiger partial charge in [0.2, 0.25) is 0 Å². The zero-order chi connectivity index (χ0) is 23.5. The predicted octanol–water partition coefficient (Wildman–Crippen LogP) is 2.92. The number of halogens is 1. The van der Waals surface area contributed by atoms with Crippen LogP contribution in [0.5, 0.6) is 17.2 Å². The van der Waals surface area contributed by atoms with Gasteiger partial charge in [-0.1, -0.05) is 6.07 Å². The molecule has 1 saturated heterocycles. The molecule has 2 aromatic carbocycles. The second-order valence-electron chi connectivity index (χ2n) is 8.84. The van der Waals surface area contributed by atoms with Gasteiger partial charge in [0.05, 0.1) is 24.9 Å². The standard InChI is InChI=1S/C26H30FN3O4/c1-32-18-3-4-22-20(13-18)19(21(27)15-29-22)6-8-30-9-7-23(24(31)16-30)28-14-17-2-5-25-26(12-17)34-11-10-33-25/h2-5,12-13,15,23-24,28,31H,6-11,14,16H2,1H3/t23-,24-/m1/s1. The van der Waals surface area contributed by atoms with Crippen LogP contribution in [0.15, 0.2) is 42.6 Å². The second-order valence-corrected chi connectivity index (χ2v) is 8.84. The molecule has 180 valence electrons. The lowest BCUT2D eigenvalue weighted by Crippen LogP contribution is -2.52. The highest BCUT2D eigenvalue weighted by Gasteiger charge is 2.27. The van der Waals surface area contributed by atoms with Gasteiger partial charge in [0.1, 0.15) is 24.8 Å². The van der Waals surface area contributed by atoms with E-state index in [0.717, 1.165) is 40.9 Å². The van der Waals surface area contributed by atoms with Crippen molar-refractivity contribution in [3.05, 3.63) is 59.5 Å². The molecule has 2 atom stereocenters. The van der Waals surface area contributed by atoms with Crippen LogP contribution in [0, 0.1) is 5.82 Å². The van der Waals surface area contributed by atoms with Crippen molar-refractivity contribution in [1.82, 2.24) is 15.2 Å². The Kier molecular flexibility index (Phi) is 6.80. The summed E-state index contributed by atoms with van der Waals surface area (Å²) in [6, 6.07) is 11.5. The lowest BCUT2D eigenvalue weighted by Gasteiger charge is -2.36. The molecule has 1 fully saturated rings. The van der Waals surface area contributed by atoms with Crippen molar-refractivity contribution in [3.63, 3.8) is 0 Å². The average Bonchev–Trinajstić information content (AvgIpc) is 2.87. The third-order valence-corrected chi connectivity index (χ3v) is 6.65. The van der Waals surface area contributed by atoms with Crippen LogP contribution in [-0.2, 0) is 13.0 Å². The second kappa shape index (κ2) is 10.1. The summed E-state index contributed by atoms with van der Waals surface area (Å²) >= 11 is 0. The molecule has 0 amide bonds. The van der Waals surface area contributed by atoms with E-state index in [9.17, 15) is 9.50 Å². The van der Waals surface area contributed by atoms with E-state index in [1.807, 2.05) is 36.4 Å². The van der Waals surface area contributed by atoms with Crippen molar-refractivity contribution >= 4 is 10.9 Å². The van der Waals surface area contributed by atoms with Crippen molar-refractivity contribution in [2.75, 3.05) is 40.0 Å². The molecule has 0 radical (unpaired) electrons. The van der Waals surface area contributed by atoms with E-state index in [-0.39, 0.29) is 11.9 Å². The fraction of sp³-hybridized carbons (Fsp3) is 0.423. The van der Waals surface area contributed by atoms with Crippen molar-refractivity contribution < 1.29 is 23.7 Å². The van der Waals surface area contributed by atoms with Crippen molar-refractivity contribution in [3.8, 4) is 17.2 Å². The number of pyridine rings is 1. The molecule has 2 aliphatic rings. The first-order valence-corrected chi connectivity index (χ1v) is 11.7. The zero-order valence-corrected chi connectivity index (χ0v) is 19.3. The molecule has 2 N–H and O–H groups in total. The van der Waals surface area contributed by atoms with Gasteiger partial charge in [0.25, 0.3) is 0 Å². The first-order chi connectivity index (χ1) is 16.6. The van der Waals surface area contributed by atoms with E-state index in [1.54, 1.807) is 7.11 Å². The third-order valence-electron chi connectivity index (χ3n) is 6.65. The van der Waals surface area contributed by atoms with E-state index in [1.165, 1.54) is 6.20 Å². The molecule has 0 unspecified atom stereocenters. The molecular formula is C26H30FN3O4. The maximum absolute atomic E-state index is 14.6. The smallest absolute Gasteiger partial charge is 0.161 e. The minimum absolute atomic E-state index is 0.00667. The molecular weight excluding hydrogens is 437 g/mol. The quantitative estimate of drug-likeness (QED) is 0.553. The summed E-state index contributed by atoms with van der Waals surface area (Å²) in [7, 11) is 1.60. The molecule has 0 saturated carbocycles. The Morgan fingerprint density at radius 2 is 2.03 bits per heavy atom. The first-order valence-electron chi connectivity index (χ1n) is 11.7. The van der Waals surface area contributed by atoms with Crippen LogP contribution >= 0.6 is 0 Å². The summed E-state index contributed by atoms with van der Waals surface area (Å²) in [6.07, 6.45) is 2.15. The number of aromatic nitrogens is 1. The summed E-state index contributed by atoms with van der Waals surface area (Å²) in [5, 5.41) is 15.0. The van der Waals surface area contributed by atoms with Crippen LogP contribution in [0.3, 0.4) is 0 Å². The van der Waals surface area contributed by atoms with Crippen LogP contribution < -0.4 is 19.5 Å². The highest BCUT2D eigenvalue weighted by molar-refractivity contribution is 5.83. The Bertz CT molecular complexity index is 1160.